The normalized spacial score (nSPS) is 10.7. The average molecular weight is 358 g/mol. The number of methoxy groups -OCH3 is 1. The zero-order valence-corrected chi connectivity index (χ0v) is 15.0. The summed E-state index contributed by atoms with van der Waals surface area (Å²) in [4.78, 5) is 9.18. The Hall–Kier alpha value is -3.60. The van der Waals surface area contributed by atoms with Crippen molar-refractivity contribution >= 4 is 10.9 Å². The lowest BCUT2D eigenvalue weighted by Crippen LogP contribution is -1.97. The smallest absolute Gasteiger partial charge is 0.230 e. The van der Waals surface area contributed by atoms with Crippen LogP contribution in [0.25, 0.3) is 22.3 Å². The summed E-state index contributed by atoms with van der Waals surface area (Å²) in [5, 5.41) is 11.3. The van der Waals surface area contributed by atoms with E-state index in [2.05, 4.69) is 9.97 Å². The van der Waals surface area contributed by atoms with E-state index in [-0.39, 0.29) is 5.75 Å². The highest BCUT2D eigenvalue weighted by Gasteiger charge is 2.16. The van der Waals surface area contributed by atoms with Gasteiger partial charge in [0.15, 0.2) is 17.3 Å². The van der Waals surface area contributed by atoms with E-state index in [1.807, 2.05) is 55.5 Å². The maximum Gasteiger partial charge on any atom is 0.230 e. The highest BCUT2D eigenvalue weighted by Crippen LogP contribution is 2.37. The molecule has 4 rings (SSSR count). The second-order valence-electron chi connectivity index (χ2n) is 6.14. The maximum atomic E-state index is 10.5. The third kappa shape index (κ3) is 3.27. The van der Waals surface area contributed by atoms with Gasteiger partial charge in [-0.3, -0.25) is 0 Å². The third-order valence-corrected chi connectivity index (χ3v) is 4.23. The van der Waals surface area contributed by atoms with E-state index < -0.39 is 0 Å². The number of aryl methyl sites for hydroxylation is 1. The van der Waals surface area contributed by atoms with Gasteiger partial charge in [-0.1, -0.05) is 30.3 Å². The Bertz CT molecular complexity index is 1130. The van der Waals surface area contributed by atoms with Gasteiger partial charge in [-0.05, 0) is 48.9 Å². The minimum atomic E-state index is -0.00298. The van der Waals surface area contributed by atoms with Gasteiger partial charge < -0.3 is 14.6 Å². The molecule has 0 spiro atoms. The average Bonchev–Trinajstić information content (AvgIpc) is 2.68. The summed E-state index contributed by atoms with van der Waals surface area (Å²) in [5.41, 5.74) is 2.30. The van der Waals surface area contributed by atoms with Gasteiger partial charge in [-0.25, -0.2) is 4.98 Å². The Morgan fingerprint density at radius 2 is 1.70 bits per heavy atom. The molecule has 0 amide bonds. The van der Waals surface area contributed by atoms with Crippen LogP contribution in [0, 0.1) is 6.92 Å². The van der Waals surface area contributed by atoms with Gasteiger partial charge in [0.1, 0.15) is 5.75 Å². The van der Waals surface area contributed by atoms with Crippen LogP contribution in [0.4, 0.5) is 0 Å². The molecule has 5 heteroatoms. The Labute approximate surface area is 156 Å². The largest absolute Gasteiger partial charge is 0.504 e. The molecule has 1 heterocycles. The maximum absolute atomic E-state index is 10.5. The van der Waals surface area contributed by atoms with Crippen molar-refractivity contribution < 1.29 is 14.6 Å². The topological polar surface area (TPSA) is 64.5 Å². The first kappa shape index (κ1) is 16.8. The first-order valence-electron chi connectivity index (χ1n) is 8.53. The zero-order valence-electron chi connectivity index (χ0n) is 15.0. The molecule has 0 bridgehead atoms. The fourth-order valence-electron chi connectivity index (χ4n) is 2.90. The Morgan fingerprint density at radius 3 is 2.52 bits per heavy atom. The third-order valence-electron chi connectivity index (χ3n) is 4.23. The van der Waals surface area contributed by atoms with E-state index in [0.717, 1.165) is 16.5 Å². The summed E-state index contributed by atoms with van der Waals surface area (Å²) in [6, 6.07) is 20.6. The number of hydrogen-bond donors (Lipinski definition) is 1. The fourth-order valence-corrected chi connectivity index (χ4v) is 2.90. The van der Waals surface area contributed by atoms with Gasteiger partial charge in [0.05, 0.1) is 23.6 Å². The summed E-state index contributed by atoms with van der Waals surface area (Å²) < 4.78 is 11.3. The standard InChI is InChI=1S/C22H18N2O3/c1-14-7-5-8-15(13-14)27-22-16-9-3-4-11-18(16)23-21(24-22)17-10-6-12-19(26-2)20(17)25/h3-13,25H,1-2H3. The molecule has 0 unspecified atom stereocenters. The number of aromatic nitrogens is 2. The summed E-state index contributed by atoms with van der Waals surface area (Å²) in [6.45, 7) is 2.00. The molecule has 134 valence electrons. The molecule has 0 saturated carbocycles. The summed E-state index contributed by atoms with van der Waals surface area (Å²) in [7, 11) is 1.51. The van der Waals surface area contributed by atoms with Gasteiger partial charge in [-0.15, -0.1) is 0 Å². The molecule has 4 aromatic rings. The van der Waals surface area contributed by atoms with Gasteiger partial charge in [0.2, 0.25) is 5.88 Å². The Morgan fingerprint density at radius 1 is 0.889 bits per heavy atom. The number of phenols is 1. The number of phenolic OH excluding ortho intramolecular Hbond substituents is 1. The zero-order chi connectivity index (χ0) is 18.8. The summed E-state index contributed by atoms with van der Waals surface area (Å²) in [5.74, 6) is 1.86. The minimum Gasteiger partial charge on any atom is -0.504 e. The molecule has 0 aliphatic carbocycles. The van der Waals surface area contributed by atoms with Crippen LogP contribution in [0.2, 0.25) is 0 Å². The quantitative estimate of drug-likeness (QED) is 0.549. The highest BCUT2D eigenvalue weighted by atomic mass is 16.5. The van der Waals surface area contributed by atoms with Gasteiger partial charge in [0, 0.05) is 0 Å². The summed E-state index contributed by atoms with van der Waals surface area (Å²) in [6.07, 6.45) is 0. The number of fused-ring (bicyclic) bond motifs is 1. The lowest BCUT2D eigenvalue weighted by atomic mass is 10.1. The molecular formula is C22H18N2O3. The van der Waals surface area contributed by atoms with Crippen molar-refractivity contribution in [3.05, 3.63) is 72.3 Å². The van der Waals surface area contributed by atoms with Crippen molar-refractivity contribution in [2.75, 3.05) is 7.11 Å². The summed E-state index contributed by atoms with van der Waals surface area (Å²) >= 11 is 0. The Kier molecular flexibility index (Phi) is 4.34. The lowest BCUT2D eigenvalue weighted by molar-refractivity contribution is 0.374. The van der Waals surface area contributed by atoms with Crippen LogP contribution in [0.15, 0.2) is 66.7 Å². The molecule has 1 aromatic heterocycles. The van der Waals surface area contributed by atoms with E-state index >= 15 is 0 Å². The van der Waals surface area contributed by atoms with E-state index in [4.69, 9.17) is 9.47 Å². The van der Waals surface area contributed by atoms with Crippen molar-refractivity contribution in [3.63, 3.8) is 0 Å². The highest BCUT2D eigenvalue weighted by molar-refractivity contribution is 5.86. The molecule has 0 radical (unpaired) electrons. The van der Waals surface area contributed by atoms with Crippen molar-refractivity contribution in [3.8, 4) is 34.5 Å². The van der Waals surface area contributed by atoms with E-state index in [9.17, 15) is 5.11 Å². The first-order chi connectivity index (χ1) is 13.2. The number of aromatic hydroxyl groups is 1. The minimum absolute atomic E-state index is 0.00298. The monoisotopic (exact) mass is 358 g/mol. The molecule has 5 nitrogen and oxygen atoms in total. The predicted octanol–water partition coefficient (Wildman–Crippen LogP) is 5.11. The van der Waals surface area contributed by atoms with Crippen LogP contribution < -0.4 is 9.47 Å². The number of para-hydroxylation sites is 2. The molecule has 0 fully saturated rings. The van der Waals surface area contributed by atoms with Gasteiger partial charge in [-0.2, -0.15) is 4.98 Å². The molecule has 0 saturated heterocycles. The molecule has 3 aromatic carbocycles. The van der Waals surface area contributed by atoms with Crippen molar-refractivity contribution in [1.29, 1.82) is 0 Å². The van der Waals surface area contributed by atoms with Gasteiger partial charge >= 0.3 is 0 Å². The van der Waals surface area contributed by atoms with Crippen LogP contribution >= 0.6 is 0 Å². The number of ether oxygens (including phenoxy) is 2. The lowest BCUT2D eigenvalue weighted by Gasteiger charge is -2.12. The van der Waals surface area contributed by atoms with Crippen LogP contribution in [-0.4, -0.2) is 22.2 Å². The fraction of sp³-hybridized carbons (Fsp3) is 0.0909. The van der Waals surface area contributed by atoms with Crippen LogP contribution in [0.3, 0.4) is 0 Å². The second kappa shape index (κ2) is 6.96. The SMILES string of the molecule is COc1cccc(-c2nc(Oc3cccc(C)c3)c3ccccc3n2)c1O. The predicted molar refractivity (Wildman–Crippen MR) is 104 cm³/mol. The van der Waals surface area contributed by atoms with Crippen molar-refractivity contribution in [2.24, 2.45) is 0 Å². The van der Waals surface area contributed by atoms with Crippen LogP contribution in [0.1, 0.15) is 5.56 Å². The molecule has 0 atom stereocenters. The van der Waals surface area contributed by atoms with E-state index in [1.54, 1.807) is 18.2 Å². The van der Waals surface area contributed by atoms with E-state index in [1.165, 1.54) is 7.11 Å². The molecule has 1 N–H and O–H groups in total. The number of rotatable bonds is 4. The van der Waals surface area contributed by atoms with Crippen molar-refractivity contribution in [2.45, 2.75) is 6.92 Å². The Balaban J connectivity index is 1.89. The molecule has 0 aliphatic heterocycles. The molecular weight excluding hydrogens is 340 g/mol. The second-order valence-corrected chi connectivity index (χ2v) is 6.14. The number of nitrogens with zero attached hydrogens (tertiary/aromatic N) is 2. The number of benzene rings is 3. The van der Waals surface area contributed by atoms with E-state index in [0.29, 0.717) is 28.8 Å². The molecule has 27 heavy (non-hydrogen) atoms. The van der Waals surface area contributed by atoms with Gasteiger partial charge in [0.25, 0.3) is 0 Å². The van der Waals surface area contributed by atoms with Crippen LogP contribution in [0.5, 0.6) is 23.1 Å². The van der Waals surface area contributed by atoms with Crippen molar-refractivity contribution in [1.82, 2.24) is 9.97 Å². The molecule has 0 aliphatic rings. The number of hydrogen-bond acceptors (Lipinski definition) is 5. The van der Waals surface area contributed by atoms with Crippen LogP contribution in [-0.2, 0) is 0 Å². The first-order valence-corrected chi connectivity index (χ1v) is 8.53.